The number of hydrogen-bond donors (Lipinski definition) is 0. The molecule has 6 nitrogen and oxygen atoms in total. The molecular formula is C14H23FN4O2. The number of likely N-dealkylation sites (tertiary alicyclic amines) is 1. The van der Waals surface area contributed by atoms with Crippen LogP contribution in [0.2, 0.25) is 0 Å². The molecule has 0 saturated carbocycles. The van der Waals surface area contributed by atoms with Gasteiger partial charge in [0.2, 0.25) is 0 Å². The van der Waals surface area contributed by atoms with Gasteiger partial charge in [-0.1, -0.05) is 19.1 Å². The smallest absolute Gasteiger partial charge is 0.276 e. The van der Waals surface area contributed by atoms with E-state index in [1.54, 1.807) is 13.2 Å². The Morgan fingerprint density at radius 1 is 1.52 bits per heavy atom. The molecule has 1 saturated heterocycles. The number of aromatic nitrogens is 3. The van der Waals surface area contributed by atoms with Crippen molar-refractivity contribution in [1.82, 2.24) is 19.9 Å². The van der Waals surface area contributed by atoms with E-state index in [1.807, 2.05) is 27.7 Å². The van der Waals surface area contributed by atoms with Crippen LogP contribution in [-0.2, 0) is 11.8 Å². The maximum atomic E-state index is 14.5. The van der Waals surface area contributed by atoms with Gasteiger partial charge in [0.1, 0.15) is 6.17 Å². The van der Waals surface area contributed by atoms with Gasteiger partial charge in [0.05, 0.1) is 24.9 Å². The third-order valence-corrected chi connectivity index (χ3v) is 3.62. The van der Waals surface area contributed by atoms with Crippen LogP contribution in [-0.4, -0.2) is 57.3 Å². The monoisotopic (exact) mass is 298 g/mol. The van der Waals surface area contributed by atoms with E-state index in [2.05, 4.69) is 10.3 Å². The third-order valence-electron chi connectivity index (χ3n) is 3.62. The first-order valence-electron chi connectivity index (χ1n) is 7.16. The maximum absolute atomic E-state index is 14.5. The summed E-state index contributed by atoms with van der Waals surface area (Å²) >= 11 is 0. The Kier molecular flexibility index (Phi) is 4.32. The second-order valence-electron chi connectivity index (χ2n) is 6.57. The Morgan fingerprint density at radius 3 is 2.67 bits per heavy atom. The number of rotatable bonds is 3. The van der Waals surface area contributed by atoms with E-state index in [0.29, 0.717) is 6.54 Å². The number of carbonyl (C=O) groups is 1. The second kappa shape index (κ2) is 5.71. The lowest BCUT2D eigenvalue weighted by atomic mass is 9.80. The van der Waals surface area contributed by atoms with E-state index in [1.165, 1.54) is 9.58 Å². The van der Waals surface area contributed by atoms with Gasteiger partial charge in [0.15, 0.2) is 5.69 Å². The molecule has 1 aromatic heterocycles. The fourth-order valence-corrected chi connectivity index (χ4v) is 2.77. The average Bonchev–Trinajstić information content (AvgIpc) is 2.79. The van der Waals surface area contributed by atoms with Crippen LogP contribution in [0.15, 0.2) is 6.20 Å². The molecule has 0 N–H and O–H groups in total. The van der Waals surface area contributed by atoms with Gasteiger partial charge in [-0.3, -0.25) is 9.48 Å². The highest BCUT2D eigenvalue weighted by atomic mass is 19.1. The van der Waals surface area contributed by atoms with Crippen molar-refractivity contribution in [3.63, 3.8) is 0 Å². The first-order chi connectivity index (χ1) is 9.70. The molecule has 21 heavy (non-hydrogen) atoms. The van der Waals surface area contributed by atoms with E-state index in [-0.39, 0.29) is 24.2 Å². The molecule has 1 aliphatic rings. The molecule has 1 aliphatic heterocycles. The summed E-state index contributed by atoms with van der Waals surface area (Å²) in [5.74, 6) is -0.290. The molecule has 0 aliphatic carbocycles. The van der Waals surface area contributed by atoms with Crippen LogP contribution in [0.4, 0.5) is 4.39 Å². The van der Waals surface area contributed by atoms with Crippen molar-refractivity contribution >= 4 is 5.91 Å². The van der Waals surface area contributed by atoms with E-state index in [0.717, 1.165) is 0 Å². The number of aryl methyl sites for hydroxylation is 1. The fourth-order valence-electron chi connectivity index (χ4n) is 2.77. The minimum absolute atomic E-state index is 0.0240. The average molecular weight is 298 g/mol. The zero-order valence-corrected chi connectivity index (χ0v) is 13.2. The van der Waals surface area contributed by atoms with Gasteiger partial charge in [-0.15, -0.1) is 5.10 Å². The standard InChI is InChI=1S/C14H23FN4O2/c1-9(2)21-12-10(15)6-19(8-14(12,3)4)13(20)11-7-18(5)17-16-11/h7,9-10,12H,6,8H2,1-5H3/t10-,12-/m1/s1. The molecular weight excluding hydrogens is 275 g/mol. The molecule has 2 atom stereocenters. The Bertz CT molecular complexity index is 515. The maximum Gasteiger partial charge on any atom is 0.276 e. The lowest BCUT2D eigenvalue weighted by Crippen LogP contribution is -2.58. The lowest BCUT2D eigenvalue weighted by molar-refractivity contribution is -0.129. The van der Waals surface area contributed by atoms with Gasteiger partial charge in [-0.05, 0) is 13.8 Å². The molecule has 0 aromatic carbocycles. The number of halogens is 1. The molecule has 0 spiro atoms. The topological polar surface area (TPSA) is 60.2 Å². The Morgan fingerprint density at radius 2 is 2.19 bits per heavy atom. The molecule has 2 rings (SSSR count). The molecule has 0 unspecified atom stereocenters. The predicted molar refractivity (Wildman–Crippen MR) is 75.6 cm³/mol. The van der Waals surface area contributed by atoms with Gasteiger partial charge in [0, 0.05) is 19.0 Å². The number of hydrogen-bond acceptors (Lipinski definition) is 4. The summed E-state index contributed by atoms with van der Waals surface area (Å²) in [4.78, 5) is 13.9. The zero-order valence-electron chi connectivity index (χ0n) is 13.2. The summed E-state index contributed by atoms with van der Waals surface area (Å²) in [5.41, 5.74) is -0.219. The van der Waals surface area contributed by atoms with Gasteiger partial charge in [0.25, 0.3) is 5.91 Å². The molecule has 1 amide bonds. The predicted octanol–water partition coefficient (Wildman–Crippen LogP) is 1.43. The zero-order chi connectivity index (χ0) is 15.8. The number of carbonyl (C=O) groups excluding carboxylic acids is 1. The van der Waals surface area contributed by atoms with Crippen LogP contribution in [0.5, 0.6) is 0 Å². The summed E-state index contributed by atoms with van der Waals surface area (Å²) in [6.07, 6.45) is -0.228. The first-order valence-corrected chi connectivity index (χ1v) is 7.16. The van der Waals surface area contributed by atoms with Crippen LogP contribution < -0.4 is 0 Å². The Balaban J connectivity index is 2.14. The van der Waals surface area contributed by atoms with E-state index in [9.17, 15) is 9.18 Å². The highest BCUT2D eigenvalue weighted by molar-refractivity contribution is 5.92. The molecule has 0 radical (unpaired) electrons. The number of alkyl halides is 1. The first kappa shape index (κ1) is 15.9. The van der Waals surface area contributed by atoms with Crippen molar-refractivity contribution in [2.45, 2.75) is 46.1 Å². The number of ether oxygens (including phenoxy) is 1. The molecule has 118 valence electrons. The van der Waals surface area contributed by atoms with Crippen molar-refractivity contribution in [2.24, 2.45) is 12.5 Å². The number of nitrogens with zero attached hydrogens (tertiary/aromatic N) is 4. The van der Waals surface area contributed by atoms with E-state index < -0.39 is 17.7 Å². The fraction of sp³-hybridized carbons (Fsp3) is 0.786. The van der Waals surface area contributed by atoms with Crippen LogP contribution >= 0.6 is 0 Å². The molecule has 1 fully saturated rings. The van der Waals surface area contributed by atoms with Gasteiger partial charge in [-0.25, -0.2) is 4.39 Å². The van der Waals surface area contributed by atoms with Crippen LogP contribution in [0.3, 0.4) is 0 Å². The van der Waals surface area contributed by atoms with Crippen LogP contribution in [0.25, 0.3) is 0 Å². The molecule has 2 heterocycles. The highest BCUT2D eigenvalue weighted by Crippen LogP contribution is 2.34. The quantitative estimate of drug-likeness (QED) is 0.847. The third kappa shape index (κ3) is 3.40. The summed E-state index contributed by atoms with van der Waals surface area (Å²) in [6, 6.07) is 0. The molecule has 0 bridgehead atoms. The van der Waals surface area contributed by atoms with Crippen LogP contribution in [0.1, 0.15) is 38.2 Å². The summed E-state index contributed by atoms with van der Waals surface area (Å²) < 4.78 is 21.6. The summed E-state index contributed by atoms with van der Waals surface area (Å²) in [5, 5.41) is 7.54. The highest BCUT2D eigenvalue weighted by Gasteiger charge is 2.45. The largest absolute Gasteiger partial charge is 0.372 e. The van der Waals surface area contributed by atoms with Crippen molar-refractivity contribution in [3.8, 4) is 0 Å². The minimum atomic E-state index is -1.21. The van der Waals surface area contributed by atoms with Crippen molar-refractivity contribution < 1.29 is 13.9 Å². The summed E-state index contributed by atoms with van der Waals surface area (Å²) in [7, 11) is 1.69. The normalized spacial score (nSPS) is 25.4. The second-order valence-corrected chi connectivity index (χ2v) is 6.57. The van der Waals surface area contributed by atoms with Gasteiger partial charge in [-0.2, -0.15) is 0 Å². The van der Waals surface area contributed by atoms with E-state index >= 15 is 0 Å². The lowest BCUT2D eigenvalue weighted by Gasteiger charge is -2.46. The number of piperidine rings is 1. The SMILES string of the molecule is CC(C)O[C@@H]1[C@H](F)CN(C(=O)c2cn(C)nn2)CC1(C)C. The molecule has 7 heteroatoms. The van der Waals surface area contributed by atoms with Crippen molar-refractivity contribution in [1.29, 1.82) is 0 Å². The van der Waals surface area contributed by atoms with Crippen molar-refractivity contribution in [2.75, 3.05) is 13.1 Å². The Hall–Kier alpha value is -1.50. The van der Waals surface area contributed by atoms with Gasteiger partial charge >= 0.3 is 0 Å². The summed E-state index contributed by atoms with van der Waals surface area (Å²) in [6.45, 7) is 8.07. The van der Waals surface area contributed by atoms with Crippen molar-refractivity contribution in [3.05, 3.63) is 11.9 Å². The van der Waals surface area contributed by atoms with E-state index in [4.69, 9.17) is 4.74 Å². The Labute approximate surface area is 124 Å². The van der Waals surface area contributed by atoms with Crippen LogP contribution in [0, 0.1) is 5.41 Å². The number of amides is 1. The van der Waals surface area contributed by atoms with Gasteiger partial charge < -0.3 is 9.64 Å². The molecule has 1 aromatic rings. The minimum Gasteiger partial charge on any atom is -0.372 e.